The van der Waals surface area contributed by atoms with Crippen LogP contribution in [0.1, 0.15) is 61.3 Å². The van der Waals surface area contributed by atoms with Crippen molar-refractivity contribution >= 4 is 17.7 Å². The molecular weight excluding hydrogens is 378 g/mol. The van der Waals surface area contributed by atoms with Gasteiger partial charge in [-0.05, 0) is 55.2 Å². The molecule has 2 aromatic rings. The summed E-state index contributed by atoms with van der Waals surface area (Å²) in [4.78, 5) is 16.6. The lowest BCUT2D eigenvalue weighted by Gasteiger charge is -2.35. The van der Waals surface area contributed by atoms with E-state index in [-0.39, 0.29) is 17.9 Å². The van der Waals surface area contributed by atoms with Gasteiger partial charge in [0.05, 0.1) is 18.1 Å². The van der Waals surface area contributed by atoms with Crippen LogP contribution in [0.4, 0.5) is 0 Å². The molecule has 0 bridgehead atoms. The van der Waals surface area contributed by atoms with Crippen molar-refractivity contribution in [1.29, 1.82) is 0 Å². The largest absolute Gasteiger partial charge is 0.386 e. The van der Waals surface area contributed by atoms with Crippen molar-refractivity contribution in [2.45, 2.75) is 62.5 Å². The molecule has 156 valence electrons. The highest BCUT2D eigenvalue weighted by molar-refractivity contribution is 7.98. The van der Waals surface area contributed by atoms with Gasteiger partial charge in [0.2, 0.25) is 5.91 Å². The number of aliphatic hydroxyl groups is 1. The highest BCUT2D eigenvalue weighted by Crippen LogP contribution is 2.38. The Morgan fingerprint density at radius 3 is 2.41 bits per heavy atom. The summed E-state index contributed by atoms with van der Waals surface area (Å²) in [6.07, 6.45) is 5.99. The van der Waals surface area contributed by atoms with E-state index in [9.17, 15) is 9.90 Å². The number of thioether (sulfide) groups is 1. The predicted octanol–water partition coefficient (Wildman–Crippen LogP) is 5.57. The molecule has 1 aliphatic rings. The zero-order chi connectivity index (χ0) is 21.0. The third kappa shape index (κ3) is 5.04. The lowest BCUT2D eigenvalue weighted by Crippen LogP contribution is -2.42. The lowest BCUT2D eigenvalue weighted by molar-refractivity contribution is -0.136. The van der Waals surface area contributed by atoms with Crippen molar-refractivity contribution in [3.05, 3.63) is 65.2 Å². The van der Waals surface area contributed by atoms with E-state index in [2.05, 4.69) is 31.4 Å². The molecule has 0 radical (unpaired) electrons. The third-order valence-electron chi connectivity index (χ3n) is 6.47. The zero-order valence-corrected chi connectivity index (χ0v) is 18.8. The van der Waals surface area contributed by atoms with E-state index in [1.807, 2.05) is 44.3 Å². The Morgan fingerprint density at radius 1 is 1.17 bits per heavy atom. The molecule has 1 N–H and O–H groups in total. The summed E-state index contributed by atoms with van der Waals surface area (Å²) in [5.74, 6) is 0.591. The molecular formula is C25H33NO2S. The third-order valence-corrected chi connectivity index (χ3v) is 7.37. The van der Waals surface area contributed by atoms with E-state index in [0.717, 1.165) is 17.5 Å². The van der Waals surface area contributed by atoms with Crippen LogP contribution in [0, 0.1) is 12.8 Å². The maximum Gasteiger partial charge on any atom is 0.230 e. The van der Waals surface area contributed by atoms with E-state index in [1.54, 1.807) is 16.7 Å². The molecule has 4 heteroatoms. The summed E-state index contributed by atoms with van der Waals surface area (Å²) in [6.45, 7) is 4.05. The van der Waals surface area contributed by atoms with Crippen LogP contribution in [0.5, 0.6) is 0 Å². The van der Waals surface area contributed by atoms with Crippen molar-refractivity contribution in [3.63, 3.8) is 0 Å². The second-order valence-corrected chi connectivity index (χ2v) is 9.21. The number of aryl methyl sites for hydroxylation is 1. The Bertz CT molecular complexity index is 819. The van der Waals surface area contributed by atoms with Gasteiger partial charge in [-0.1, -0.05) is 61.7 Å². The molecule has 0 spiro atoms. The summed E-state index contributed by atoms with van der Waals surface area (Å²) >= 11 is 1.74. The van der Waals surface area contributed by atoms with Crippen LogP contribution in [-0.4, -0.2) is 35.3 Å². The first kappa shape index (κ1) is 21.9. The zero-order valence-electron chi connectivity index (χ0n) is 18.0. The van der Waals surface area contributed by atoms with Crippen LogP contribution in [0.25, 0.3) is 0 Å². The molecule has 0 heterocycles. The van der Waals surface area contributed by atoms with Crippen LogP contribution in [0.15, 0.2) is 53.4 Å². The fourth-order valence-electron chi connectivity index (χ4n) is 4.15. The molecule has 0 aromatic heterocycles. The van der Waals surface area contributed by atoms with Gasteiger partial charge in [0, 0.05) is 11.9 Å². The lowest BCUT2D eigenvalue weighted by atomic mass is 9.76. The van der Waals surface area contributed by atoms with Crippen molar-refractivity contribution in [3.8, 4) is 0 Å². The average Bonchev–Trinajstić information content (AvgIpc) is 2.71. The SMILES string of the molecule is CSc1ccc([C@@H](CC2CCC2)C(=O)N(C)[C@H](C)[C@@H](O)c2ccccc2)cc1C. The molecule has 0 aliphatic heterocycles. The molecule has 1 aliphatic carbocycles. The summed E-state index contributed by atoms with van der Waals surface area (Å²) in [5.41, 5.74) is 3.17. The molecule has 29 heavy (non-hydrogen) atoms. The van der Waals surface area contributed by atoms with Crippen molar-refractivity contribution in [2.24, 2.45) is 5.92 Å². The van der Waals surface area contributed by atoms with Gasteiger partial charge in [-0.2, -0.15) is 0 Å². The van der Waals surface area contributed by atoms with Crippen molar-refractivity contribution in [2.75, 3.05) is 13.3 Å². The number of amides is 1. The summed E-state index contributed by atoms with van der Waals surface area (Å²) in [6, 6.07) is 15.7. The molecule has 3 rings (SSSR count). The van der Waals surface area contributed by atoms with Gasteiger partial charge in [0.15, 0.2) is 0 Å². The van der Waals surface area contributed by atoms with Gasteiger partial charge in [0.25, 0.3) is 0 Å². The van der Waals surface area contributed by atoms with Crippen molar-refractivity contribution < 1.29 is 9.90 Å². The first-order valence-electron chi connectivity index (χ1n) is 10.6. The van der Waals surface area contributed by atoms with Crippen molar-refractivity contribution in [1.82, 2.24) is 4.90 Å². The number of nitrogens with zero attached hydrogens (tertiary/aromatic N) is 1. The Balaban J connectivity index is 1.82. The molecule has 2 aromatic carbocycles. The van der Waals surface area contributed by atoms with Crippen LogP contribution in [0.3, 0.4) is 0 Å². The number of aliphatic hydroxyl groups excluding tert-OH is 1. The van der Waals surface area contributed by atoms with Gasteiger partial charge < -0.3 is 10.0 Å². The monoisotopic (exact) mass is 411 g/mol. The number of likely N-dealkylation sites (N-methyl/N-ethyl adjacent to an activating group) is 1. The Labute approximate surface area is 179 Å². The standard InChI is InChI=1S/C25H33NO2S/c1-17-15-21(13-14-23(17)29-4)22(16-19-9-8-10-19)25(28)26(3)18(2)24(27)20-11-6-5-7-12-20/h5-7,11-15,18-19,22,24,27H,8-10,16H2,1-4H3/t18-,22-,24-/m1/s1. The Hall–Kier alpha value is -1.78. The predicted molar refractivity (Wildman–Crippen MR) is 121 cm³/mol. The fraction of sp³-hybridized carbons (Fsp3) is 0.480. The fourth-order valence-corrected chi connectivity index (χ4v) is 4.73. The minimum atomic E-state index is -0.699. The van der Waals surface area contributed by atoms with Crippen LogP contribution in [0.2, 0.25) is 0 Å². The van der Waals surface area contributed by atoms with E-state index < -0.39 is 6.10 Å². The summed E-state index contributed by atoms with van der Waals surface area (Å²) in [5, 5.41) is 10.8. The number of carbonyl (C=O) groups is 1. The number of benzene rings is 2. The minimum Gasteiger partial charge on any atom is -0.386 e. The van der Waals surface area contributed by atoms with E-state index in [4.69, 9.17) is 0 Å². The van der Waals surface area contributed by atoms with E-state index in [1.165, 1.54) is 29.7 Å². The molecule has 0 unspecified atom stereocenters. The average molecular weight is 412 g/mol. The second kappa shape index (κ2) is 9.82. The Morgan fingerprint density at radius 2 is 1.86 bits per heavy atom. The quantitative estimate of drug-likeness (QED) is 0.577. The Kier molecular flexibility index (Phi) is 7.42. The van der Waals surface area contributed by atoms with Crippen LogP contribution >= 0.6 is 11.8 Å². The molecule has 3 nitrogen and oxygen atoms in total. The molecule has 1 saturated carbocycles. The van der Waals surface area contributed by atoms with E-state index in [0.29, 0.717) is 5.92 Å². The highest BCUT2D eigenvalue weighted by atomic mass is 32.2. The minimum absolute atomic E-state index is 0.107. The second-order valence-electron chi connectivity index (χ2n) is 8.36. The topological polar surface area (TPSA) is 40.5 Å². The number of hydrogen-bond donors (Lipinski definition) is 1. The van der Waals surface area contributed by atoms with Gasteiger partial charge in [0.1, 0.15) is 0 Å². The highest BCUT2D eigenvalue weighted by Gasteiger charge is 2.33. The van der Waals surface area contributed by atoms with Crippen LogP contribution < -0.4 is 0 Å². The normalized spacial score (nSPS) is 17.3. The van der Waals surface area contributed by atoms with Gasteiger partial charge in [-0.3, -0.25) is 4.79 Å². The van der Waals surface area contributed by atoms with Gasteiger partial charge in [-0.15, -0.1) is 11.8 Å². The maximum absolute atomic E-state index is 13.6. The van der Waals surface area contributed by atoms with Gasteiger partial charge >= 0.3 is 0 Å². The first-order valence-corrected chi connectivity index (χ1v) is 11.8. The first-order chi connectivity index (χ1) is 13.9. The number of hydrogen-bond acceptors (Lipinski definition) is 3. The molecule has 3 atom stereocenters. The maximum atomic E-state index is 13.6. The summed E-state index contributed by atoms with van der Waals surface area (Å²) < 4.78 is 0. The molecule has 0 saturated heterocycles. The summed E-state index contributed by atoms with van der Waals surface area (Å²) in [7, 11) is 1.83. The van der Waals surface area contributed by atoms with E-state index >= 15 is 0 Å². The van der Waals surface area contributed by atoms with Gasteiger partial charge in [-0.25, -0.2) is 0 Å². The van der Waals surface area contributed by atoms with Crippen LogP contribution in [-0.2, 0) is 4.79 Å². The number of rotatable bonds is 8. The smallest absolute Gasteiger partial charge is 0.230 e. The molecule has 1 amide bonds. The molecule has 1 fully saturated rings. The number of carbonyl (C=O) groups excluding carboxylic acids is 1.